The van der Waals surface area contributed by atoms with Crippen molar-refractivity contribution in [3.63, 3.8) is 0 Å². The number of guanidine groups is 1. The number of hydrogen-bond donors (Lipinski definition) is 1. The summed E-state index contributed by atoms with van der Waals surface area (Å²) >= 11 is 0. The summed E-state index contributed by atoms with van der Waals surface area (Å²) in [6, 6.07) is 8.69. The number of carbonyl (C=O) groups excluding carboxylic acids is 2. The van der Waals surface area contributed by atoms with Gasteiger partial charge in [0.15, 0.2) is 5.96 Å². The molecule has 2 amide bonds. The first-order valence-corrected chi connectivity index (χ1v) is 10.6. The van der Waals surface area contributed by atoms with Crippen LogP contribution in [0.2, 0.25) is 0 Å². The van der Waals surface area contributed by atoms with Crippen molar-refractivity contribution in [3.05, 3.63) is 29.8 Å². The van der Waals surface area contributed by atoms with Gasteiger partial charge < -0.3 is 10.2 Å². The second kappa shape index (κ2) is 9.45. The van der Waals surface area contributed by atoms with Gasteiger partial charge in [0.2, 0.25) is 11.8 Å². The highest BCUT2D eigenvalue weighted by Crippen LogP contribution is 2.50. The van der Waals surface area contributed by atoms with Crippen LogP contribution in [0.15, 0.2) is 29.3 Å². The molecule has 3 aliphatic rings. The van der Waals surface area contributed by atoms with E-state index in [2.05, 4.69) is 41.4 Å². The molecule has 1 spiro atoms. The molecule has 0 radical (unpaired) electrons. The summed E-state index contributed by atoms with van der Waals surface area (Å²) in [7, 11) is 0. The highest BCUT2D eigenvalue weighted by Gasteiger charge is 2.45. The Balaban J connectivity index is 0.00000240. The van der Waals surface area contributed by atoms with E-state index in [0.29, 0.717) is 32.4 Å². The van der Waals surface area contributed by atoms with Crippen molar-refractivity contribution in [1.29, 1.82) is 0 Å². The van der Waals surface area contributed by atoms with Gasteiger partial charge in [0, 0.05) is 43.6 Å². The van der Waals surface area contributed by atoms with Crippen LogP contribution in [0.3, 0.4) is 0 Å². The molecule has 158 valence electrons. The number of likely N-dealkylation sites (tertiary alicyclic amines) is 1. The second-order valence-electron chi connectivity index (χ2n) is 8.12. The number of piperidine rings is 1. The van der Waals surface area contributed by atoms with Crippen LogP contribution in [0.1, 0.15) is 57.4 Å². The lowest BCUT2D eigenvalue weighted by Gasteiger charge is -2.27. The van der Waals surface area contributed by atoms with E-state index in [1.807, 2.05) is 0 Å². The number of imide groups is 1. The Morgan fingerprint density at radius 3 is 2.48 bits per heavy atom. The van der Waals surface area contributed by atoms with Crippen LogP contribution in [0.25, 0.3) is 0 Å². The number of nitrogens with zero attached hydrogens (tertiary/aromatic N) is 3. The number of para-hydroxylation sites is 1. The van der Waals surface area contributed by atoms with Crippen LogP contribution >= 0.6 is 24.0 Å². The predicted molar refractivity (Wildman–Crippen MR) is 126 cm³/mol. The minimum atomic E-state index is -0.0622. The van der Waals surface area contributed by atoms with Gasteiger partial charge in [0.1, 0.15) is 0 Å². The summed E-state index contributed by atoms with van der Waals surface area (Å²) < 4.78 is 0. The zero-order chi connectivity index (χ0) is 19.6. The Kier molecular flexibility index (Phi) is 7.19. The van der Waals surface area contributed by atoms with Gasteiger partial charge in [-0.2, -0.15) is 0 Å². The van der Waals surface area contributed by atoms with Gasteiger partial charge in [-0.05, 0) is 37.8 Å². The van der Waals surface area contributed by atoms with E-state index in [9.17, 15) is 9.59 Å². The smallest absolute Gasteiger partial charge is 0.229 e. The summed E-state index contributed by atoms with van der Waals surface area (Å²) in [6.45, 7) is 4.62. The Morgan fingerprint density at radius 2 is 1.79 bits per heavy atom. The molecule has 0 atom stereocenters. The van der Waals surface area contributed by atoms with Crippen molar-refractivity contribution in [1.82, 2.24) is 10.2 Å². The molecule has 2 aliphatic heterocycles. The van der Waals surface area contributed by atoms with E-state index in [0.717, 1.165) is 19.0 Å². The van der Waals surface area contributed by atoms with E-state index >= 15 is 0 Å². The molecule has 7 heteroatoms. The normalized spacial score (nSPS) is 20.8. The van der Waals surface area contributed by atoms with E-state index in [4.69, 9.17) is 4.99 Å². The number of anilines is 1. The van der Waals surface area contributed by atoms with Crippen LogP contribution in [0, 0.1) is 0 Å². The zero-order valence-electron chi connectivity index (χ0n) is 17.2. The number of nitrogens with one attached hydrogen (secondary N) is 1. The quantitative estimate of drug-likeness (QED) is 0.292. The molecule has 0 aromatic heterocycles. The minimum absolute atomic E-state index is 0. The first-order valence-electron chi connectivity index (χ1n) is 10.6. The first kappa shape index (κ1) is 22.1. The fourth-order valence-corrected chi connectivity index (χ4v) is 5.00. The van der Waals surface area contributed by atoms with Crippen molar-refractivity contribution in [2.75, 3.05) is 31.1 Å². The lowest BCUT2D eigenvalue weighted by atomic mass is 9.81. The third-order valence-corrected chi connectivity index (χ3v) is 6.35. The largest absolute Gasteiger partial charge is 0.356 e. The number of benzene rings is 1. The fourth-order valence-electron chi connectivity index (χ4n) is 5.00. The highest BCUT2D eigenvalue weighted by atomic mass is 127. The van der Waals surface area contributed by atoms with E-state index in [1.54, 1.807) is 0 Å². The SMILES string of the molecule is CCNC(=NCCN1C(=O)CCCC1=O)N1CC2(CCCC2)c2ccccc21.I. The van der Waals surface area contributed by atoms with Crippen molar-refractivity contribution >= 4 is 47.4 Å². The lowest BCUT2D eigenvalue weighted by Crippen LogP contribution is -2.45. The number of fused-ring (bicyclic) bond motifs is 2. The van der Waals surface area contributed by atoms with Crippen LogP contribution < -0.4 is 10.2 Å². The zero-order valence-corrected chi connectivity index (χ0v) is 19.5. The Bertz CT molecular complexity index is 773. The molecule has 2 heterocycles. The van der Waals surface area contributed by atoms with Gasteiger partial charge in [-0.25, -0.2) is 0 Å². The minimum Gasteiger partial charge on any atom is -0.356 e. The van der Waals surface area contributed by atoms with Gasteiger partial charge in [-0.3, -0.25) is 19.5 Å². The third kappa shape index (κ3) is 4.29. The van der Waals surface area contributed by atoms with Crippen molar-refractivity contribution in [2.24, 2.45) is 4.99 Å². The number of halogens is 1. The molecule has 2 fully saturated rings. The maximum atomic E-state index is 12.0. The van der Waals surface area contributed by atoms with Crippen LogP contribution in [-0.4, -0.2) is 48.9 Å². The molecule has 1 saturated carbocycles. The van der Waals surface area contributed by atoms with Gasteiger partial charge in [-0.1, -0.05) is 31.0 Å². The van der Waals surface area contributed by atoms with E-state index < -0.39 is 0 Å². The van der Waals surface area contributed by atoms with E-state index in [1.165, 1.54) is 41.8 Å². The summed E-state index contributed by atoms with van der Waals surface area (Å²) in [4.78, 5) is 32.5. The molecular formula is C22H31IN4O2. The Labute approximate surface area is 190 Å². The average Bonchev–Trinajstić information content (AvgIpc) is 3.30. The van der Waals surface area contributed by atoms with Crippen LogP contribution in [0.4, 0.5) is 5.69 Å². The molecule has 0 unspecified atom stereocenters. The number of amides is 2. The van der Waals surface area contributed by atoms with Crippen LogP contribution in [-0.2, 0) is 15.0 Å². The highest BCUT2D eigenvalue weighted by molar-refractivity contribution is 14.0. The van der Waals surface area contributed by atoms with E-state index in [-0.39, 0.29) is 41.2 Å². The summed E-state index contributed by atoms with van der Waals surface area (Å²) in [5, 5.41) is 3.42. The van der Waals surface area contributed by atoms with Crippen LogP contribution in [0.5, 0.6) is 0 Å². The average molecular weight is 510 g/mol. The molecule has 29 heavy (non-hydrogen) atoms. The Hall–Kier alpha value is -1.64. The molecule has 0 bridgehead atoms. The summed E-state index contributed by atoms with van der Waals surface area (Å²) in [5.41, 5.74) is 2.93. The number of hydrogen-bond acceptors (Lipinski definition) is 3. The molecule has 1 saturated heterocycles. The maximum Gasteiger partial charge on any atom is 0.229 e. The second-order valence-corrected chi connectivity index (χ2v) is 8.12. The van der Waals surface area contributed by atoms with Crippen molar-refractivity contribution in [3.8, 4) is 0 Å². The van der Waals surface area contributed by atoms with Gasteiger partial charge in [-0.15, -0.1) is 24.0 Å². The predicted octanol–water partition coefficient (Wildman–Crippen LogP) is 3.44. The standard InChI is InChI=1S/C22H30N4O2.HI/c1-2-23-21(24-14-15-25-19(27)10-7-11-20(25)28)26-16-22(12-5-6-13-22)17-8-3-4-9-18(17)26;/h3-4,8-9H,2,5-7,10-16H2,1H3,(H,23,24);1H. The molecule has 1 aromatic rings. The Morgan fingerprint density at radius 1 is 1.10 bits per heavy atom. The molecule has 6 nitrogen and oxygen atoms in total. The number of aliphatic imine (C=N–C) groups is 1. The van der Waals surface area contributed by atoms with Gasteiger partial charge in [0.05, 0.1) is 6.54 Å². The molecule has 1 aliphatic carbocycles. The van der Waals surface area contributed by atoms with Gasteiger partial charge in [0.25, 0.3) is 0 Å². The summed E-state index contributed by atoms with van der Waals surface area (Å²) in [6.07, 6.45) is 6.65. The number of carbonyl (C=O) groups is 2. The van der Waals surface area contributed by atoms with Crippen molar-refractivity contribution < 1.29 is 9.59 Å². The fraction of sp³-hybridized carbons (Fsp3) is 0.591. The third-order valence-electron chi connectivity index (χ3n) is 6.35. The molecule has 1 aromatic carbocycles. The summed E-state index contributed by atoms with van der Waals surface area (Å²) in [5.74, 6) is 0.733. The number of rotatable bonds is 4. The topological polar surface area (TPSA) is 65.0 Å². The molecule has 1 N–H and O–H groups in total. The first-order chi connectivity index (χ1) is 13.6. The monoisotopic (exact) mass is 510 g/mol. The lowest BCUT2D eigenvalue weighted by molar-refractivity contribution is -0.147. The molecular weight excluding hydrogens is 479 g/mol. The van der Waals surface area contributed by atoms with Crippen molar-refractivity contribution in [2.45, 2.75) is 57.3 Å². The maximum absolute atomic E-state index is 12.0. The molecule has 4 rings (SSSR count). The van der Waals surface area contributed by atoms with Gasteiger partial charge >= 0.3 is 0 Å².